The Morgan fingerprint density at radius 2 is 1.56 bits per heavy atom. The number of rotatable bonds is 8. The third-order valence-electron chi connectivity index (χ3n) is 3.41. The normalized spacial score (nSPS) is 10.0. The third kappa shape index (κ3) is 6.55. The zero-order valence-corrected chi connectivity index (χ0v) is 14.4. The van der Waals surface area contributed by atoms with Crippen molar-refractivity contribution in [3.05, 3.63) is 54.1 Å². The van der Waals surface area contributed by atoms with Crippen LogP contribution in [0.15, 0.2) is 48.5 Å². The predicted molar refractivity (Wildman–Crippen MR) is 95.9 cm³/mol. The molecule has 0 saturated heterocycles. The van der Waals surface area contributed by atoms with Crippen molar-refractivity contribution >= 4 is 17.5 Å². The van der Waals surface area contributed by atoms with Gasteiger partial charge in [-0.3, -0.25) is 9.59 Å². The van der Waals surface area contributed by atoms with E-state index in [1.165, 1.54) is 0 Å². The molecule has 0 aliphatic carbocycles. The summed E-state index contributed by atoms with van der Waals surface area (Å²) in [6.07, 6.45) is -0.226. The molecule has 6 heteroatoms. The van der Waals surface area contributed by atoms with E-state index in [0.717, 1.165) is 11.3 Å². The largest absolute Gasteiger partial charge is 0.497 e. The van der Waals surface area contributed by atoms with Crippen LogP contribution < -0.4 is 20.1 Å². The molecule has 132 valence electrons. The summed E-state index contributed by atoms with van der Waals surface area (Å²) in [4.78, 5) is 23.6. The molecular formula is C19H22N2O4. The number of hydrogen-bond donors (Lipinski definition) is 2. The second kappa shape index (κ2) is 9.32. The molecule has 0 aliphatic heterocycles. The number of anilines is 1. The average Bonchev–Trinajstić information content (AvgIpc) is 2.61. The highest BCUT2D eigenvalue weighted by atomic mass is 16.5. The van der Waals surface area contributed by atoms with E-state index in [1.807, 2.05) is 19.1 Å². The molecule has 0 fully saturated rings. The van der Waals surface area contributed by atoms with Gasteiger partial charge >= 0.3 is 0 Å². The van der Waals surface area contributed by atoms with Gasteiger partial charge in [0, 0.05) is 5.69 Å². The lowest BCUT2D eigenvalue weighted by atomic mass is 10.2. The van der Waals surface area contributed by atoms with E-state index >= 15 is 0 Å². The van der Waals surface area contributed by atoms with Crippen LogP contribution in [-0.2, 0) is 9.59 Å². The standard InChI is InChI=1S/C19H22N2O4/c1-14-3-5-15(6-4-14)21-19(23)13-18(22)20-11-12-25-17-9-7-16(24-2)8-10-17/h3-10H,11-13H2,1-2H3,(H,20,22)(H,21,23). The van der Waals surface area contributed by atoms with Crippen LogP contribution in [0.5, 0.6) is 11.5 Å². The summed E-state index contributed by atoms with van der Waals surface area (Å²) in [7, 11) is 1.60. The van der Waals surface area contributed by atoms with Crippen molar-refractivity contribution in [1.29, 1.82) is 0 Å². The minimum atomic E-state index is -0.350. The molecule has 0 radical (unpaired) electrons. The van der Waals surface area contributed by atoms with E-state index in [4.69, 9.17) is 9.47 Å². The molecule has 0 spiro atoms. The number of aryl methyl sites for hydroxylation is 1. The molecule has 2 aromatic carbocycles. The molecule has 0 aromatic heterocycles. The van der Waals surface area contributed by atoms with Crippen molar-refractivity contribution < 1.29 is 19.1 Å². The first kappa shape index (κ1) is 18.3. The summed E-state index contributed by atoms with van der Waals surface area (Å²) in [6, 6.07) is 14.6. The Hall–Kier alpha value is -3.02. The van der Waals surface area contributed by atoms with Gasteiger partial charge in [0.15, 0.2) is 0 Å². The molecule has 0 bridgehead atoms. The molecule has 0 unspecified atom stereocenters. The number of hydrogen-bond acceptors (Lipinski definition) is 4. The van der Waals surface area contributed by atoms with Gasteiger partial charge < -0.3 is 20.1 Å². The fourth-order valence-corrected chi connectivity index (χ4v) is 2.08. The average molecular weight is 342 g/mol. The van der Waals surface area contributed by atoms with E-state index in [0.29, 0.717) is 24.6 Å². The molecular weight excluding hydrogens is 320 g/mol. The van der Waals surface area contributed by atoms with E-state index in [-0.39, 0.29) is 18.2 Å². The number of carbonyl (C=O) groups is 2. The summed E-state index contributed by atoms with van der Waals surface area (Å²) in [5, 5.41) is 5.34. The number of ether oxygens (including phenoxy) is 2. The Labute approximate surface area is 147 Å². The molecule has 0 aliphatic rings. The SMILES string of the molecule is COc1ccc(OCCNC(=O)CC(=O)Nc2ccc(C)cc2)cc1. The molecule has 2 aromatic rings. The summed E-state index contributed by atoms with van der Waals surface area (Å²) in [5.74, 6) is 0.743. The van der Waals surface area contributed by atoms with Crippen LogP contribution in [0, 0.1) is 6.92 Å². The van der Waals surface area contributed by atoms with Gasteiger partial charge in [0.2, 0.25) is 11.8 Å². The second-order valence-corrected chi connectivity index (χ2v) is 5.46. The Balaban J connectivity index is 1.64. The first-order valence-electron chi connectivity index (χ1n) is 7.97. The molecule has 0 atom stereocenters. The van der Waals surface area contributed by atoms with E-state index in [2.05, 4.69) is 10.6 Å². The van der Waals surface area contributed by atoms with Crippen LogP contribution in [0.3, 0.4) is 0 Å². The topological polar surface area (TPSA) is 76.7 Å². The highest BCUT2D eigenvalue weighted by Gasteiger charge is 2.09. The smallest absolute Gasteiger partial charge is 0.233 e. The monoisotopic (exact) mass is 342 g/mol. The van der Waals surface area contributed by atoms with Crippen molar-refractivity contribution in [2.75, 3.05) is 25.6 Å². The Kier molecular flexibility index (Phi) is 6.83. The highest BCUT2D eigenvalue weighted by Crippen LogP contribution is 2.16. The van der Waals surface area contributed by atoms with Crippen LogP contribution in [0.25, 0.3) is 0 Å². The summed E-state index contributed by atoms with van der Waals surface area (Å²) >= 11 is 0. The van der Waals surface area contributed by atoms with Crippen LogP contribution in [0.2, 0.25) is 0 Å². The maximum absolute atomic E-state index is 11.8. The number of nitrogens with one attached hydrogen (secondary N) is 2. The number of carbonyl (C=O) groups excluding carboxylic acids is 2. The predicted octanol–water partition coefficient (Wildman–Crippen LogP) is 2.53. The lowest BCUT2D eigenvalue weighted by Crippen LogP contribution is -2.31. The number of methoxy groups -OCH3 is 1. The van der Waals surface area contributed by atoms with Crippen molar-refractivity contribution in [1.82, 2.24) is 5.32 Å². The molecule has 2 rings (SSSR count). The fourth-order valence-electron chi connectivity index (χ4n) is 2.08. The maximum atomic E-state index is 11.8. The van der Waals surface area contributed by atoms with Crippen LogP contribution in [0.4, 0.5) is 5.69 Å². The third-order valence-corrected chi connectivity index (χ3v) is 3.41. The Bertz CT molecular complexity index is 696. The van der Waals surface area contributed by atoms with Gasteiger partial charge in [-0.25, -0.2) is 0 Å². The van der Waals surface area contributed by atoms with Crippen molar-refractivity contribution in [3.63, 3.8) is 0 Å². The Morgan fingerprint density at radius 3 is 2.20 bits per heavy atom. The van der Waals surface area contributed by atoms with E-state index in [1.54, 1.807) is 43.5 Å². The second-order valence-electron chi connectivity index (χ2n) is 5.46. The van der Waals surface area contributed by atoms with Gasteiger partial charge in [-0.1, -0.05) is 17.7 Å². The van der Waals surface area contributed by atoms with Gasteiger partial charge in [0.05, 0.1) is 13.7 Å². The van der Waals surface area contributed by atoms with Gasteiger partial charge in [0.1, 0.15) is 24.5 Å². The van der Waals surface area contributed by atoms with Gasteiger partial charge in [-0.05, 0) is 43.3 Å². The summed E-state index contributed by atoms with van der Waals surface area (Å²) in [6.45, 7) is 2.60. The Morgan fingerprint density at radius 1 is 0.920 bits per heavy atom. The molecule has 0 saturated carbocycles. The lowest BCUT2D eigenvalue weighted by molar-refractivity contribution is -0.126. The van der Waals surface area contributed by atoms with Gasteiger partial charge in [-0.15, -0.1) is 0 Å². The van der Waals surface area contributed by atoms with Crippen LogP contribution >= 0.6 is 0 Å². The van der Waals surface area contributed by atoms with Crippen LogP contribution in [0.1, 0.15) is 12.0 Å². The van der Waals surface area contributed by atoms with Gasteiger partial charge in [0.25, 0.3) is 0 Å². The first-order valence-corrected chi connectivity index (χ1v) is 7.97. The van der Waals surface area contributed by atoms with E-state index in [9.17, 15) is 9.59 Å². The van der Waals surface area contributed by atoms with Crippen LogP contribution in [-0.4, -0.2) is 32.1 Å². The number of amides is 2. The van der Waals surface area contributed by atoms with Crippen molar-refractivity contribution in [2.24, 2.45) is 0 Å². The maximum Gasteiger partial charge on any atom is 0.233 e. The molecule has 25 heavy (non-hydrogen) atoms. The fraction of sp³-hybridized carbons (Fsp3) is 0.263. The molecule has 6 nitrogen and oxygen atoms in total. The quantitative estimate of drug-likeness (QED) is 0.571. The zero-order chi connectivity index (χ0) is 18.1. The lowest BCUT2D eigenvalue weighted by Gasteiger charge is -2.09. The minimum Gasteiger partial charge on any atom is -0.497 e. The first-order chi connectivity index (χ1) is 12.1. The summed E-state index contributed by atoms with van der Waals surface area (Å²) < 4.78 is 10.6. The molecule has 2 amide bonds. The minimum absolute atomic E-state index is 0.226. The zero-order valence-electron chi connectivity index (χ0n) is 14.4. The van der Waals surface area contributed by atoms with Gasteiger partial charge in [-0.2, -0.15) is 0 Å². The summed E-state index contributed by atoms with van der Waals surface area (Å²) in [5.41, 5.74) is 1.78. The molecule has 2 N–H and O–H groups in total. The van der Waals surface area contributed by atoms with Crippen molar-refractivity contribution in [3.8, 4) is 11.5 Å². The van der Waals surface area contributed by atoms with E-state index < -0.39 is 0 Å². The highest BCUT2D eigenvalue weighted by molar-refractivity contribution is 6.03. The molecule has 0 heterocycles. The number of benzene rings is 2. The van der Waals surface area contributed by atoms with Crippen molar-refractivity contribution in [2.45, 2.75) is 13.3 Å².